The predicted molar refractivity (Wildman–Crippen MR) is 116 cm³/mol. The van der Waals surface area contributed by atoms with Gasteiger partial charge in [0, 0.05) is 25.2 Å². The third-order valence-corrected chi connectivity index (χ3v) is 8.68. The van der Waals surface area contributed by atoms with Crippen molar-refractivity contribution in [3.05, 3.63) is 54.1 Å². The Morgan fingerprint density at radius 2 is 1.60 bits per heavy atom. The van der Waals surface area contributed by atoms with Crippen LogP contribution in [0.4, 0.5) is 5.69 Å². The van der Waals surface area contributed by atoms with E-state index in [0.29, 0.717) is 18.8 Å². The van der Waals surface area contributed by atoms with Gasteiger partial charge in [-0.25, -0.2) is 16.8 Å². The number of rotatable bonds is 7. The highest BCUT2D eigenvalue weighted by atomic mass is 32.2. The van der Waals surface area contributed by atoms with E-state index in [0.717, 1.165) is 24.8 Å². The molecule has 30 heavy (non-hydrogen) atoms. The maximum absolute atomic E-state index is 12.8. The van der Waals surface area contributed by atoms with Crippen LogP contribution in [0.3, 0.4) is 0 Å². The van der Waals surface area contributed by atoms with Crippen LogP contribution in [0.1, 0.15) is 31.2 Å². The molecular formula is C21H26N2O5S2. The largest absolute Gasteiger partial charge is 0.326 e. The Bertz CT molecular complexity index is 1100. The molecule has 7 nitrogen and oxygen atoms in total. The Morgan fingerprint density at radius 3 is 2.27 bits per heavy atom. The maximum atomic E-state index is 12.8. The molecule has 0 aliphatic carbocycles. The van der Waals surface area contributed by atoms with Crippen LogP contribution in [0.5, 0.6) is 0 Å². The Morgan fingerprint density at radius 1 is 0.933 bits per heavy atom. The molecule has 9 heteroatoms. The number of hydrogen-bond acceptors (Lipinski definition) is 5. The standard InChI is InChI=1S/C21H26N2O5S2/c1-17-8-10-19(11-9-17)29(25,26)15-12-21(24)22-18-6-5-7-20(16-18)30(27,28)23-13-3-2-4-14-23/h5-11,16H,2-4,12-15H2,1H3,(H,22,24). The zero-order valence-electron chi connectivity index (χ0n) is 16.9. The number of benzene rings is 2. The van der Waals surface area contributed by atoms with Crippen LogP contribution in [-0.4, -0.2) is 45.9 Å². The van der Waals surface area contributed by atoms with Crippen molar-refractivity contribution in [3.8, 4) is 0 Å². The minimum atomic E-state index is -3.61. The first-order valence-corrected chi connectivity index (χ1v) is 13.0. The third kappa shape index (κ3) is 5.47. The number of nitrogens with one attached hydrogen (secondary N) is 1. The Balaban J connectivity index is 1.64. The number of amides is 1. The molecule has 1 aliphatic heterocycles. The average Bonchev–Trinajstić information content (AvgIpc) is 2.73. The highest BCUT2D eigenvalue weighted by Gasteiger charge is 2.26. The van der Waals surface area contributed by atoms with Gasteiger partial charge in [0.05, 0.1) is 15.5 Å². The van der Waals surface area contributed by atoms with Crippen molar-refractivity contribution in [2.75, 3.05) is 24.2 Å². The van der Waals surface area contributed by atoms with E-state index in [1.54, 1.807) is 24.3 Å². The van der Waals surface area contributed by atoms with E-state index in [-0.39, 0.29) is 22.0 Å². The molecule has 0 aromatic heterocycles. The molecule has 0 spiro atoms. The second kappa shape index (κ2) is 9.28. The van der Waals surface area contributed by atoms with Crippen LogP contribution in [0.25, 0.3) is 0 Å². The average molecular weight is 451 g/mol. The monoisotopic (exact) mass is 450 g/mol. The number of nitrogens with zero attached hydrogens (tertiary/aromatic N) is 1. The van der Waals surface area contributed by atoms with Gasteiger partial charge in [0.1, 0.15) is 0 Å². The molecule has 0 bridgehead atoms. The molecule has 1 aliphatic rings. The fraction of sp³-hybridized carbons (Fsp3) is 0.381. The summed E-state index contributed by atoms with van der Waals surface area (Å²) >= 11 is 0. The van der Waals surface area contributed by atoms with Crippen LogP contribution in [0.2, 0.25) is 0 Å². The van der Waals surface area contributed by atoms with Gasteiger partial charge in [-0.3, -0.25) is 4.79 Å². The molecule has 0 radical (unpaired) electrons. The molecule has 1 saturated heterocycles. The van der Waals surface area contributed by atoms with Crippen molar-refractivity contribution in [1.82, 2.24) is 4.31 Å². The number of anilines is 1. The van der Waals surface area contributed by atoms with Crippen LogP contribution >= 0.6 is 0 Å². The molecule has 0 atom stereocenters. The first-order chi connectivity index (χ1) is 14.2. The SMILES string of the molecule is Cc1ccc(S(=O)(=O)CCC(=O)Nc2cccc(S(=O)(=O)N3CCCCC3)c2)cc1. The normalized spacial score (nSPS) is 15.6. The van der Waals surface area contributed by atoms with E-state index in [9.17, 15) is 21.6 Å². The van der Waals surface area contributed by atoms with Crippen LogP contribution < -0.4 is 5.32 Å². The summed E-state index contributed by atoms with van der Waals surface area (Å²) < 4.78 is 51.9. The minimum Gasteiger partial charge on any atom is -0.326 e. The second-order valence-corrected chi connectivity index (χ2v) is 11.5. The number of piperidine rings is 1. The van der Waals surface area contributed by atoms with E-state index in [1.807, 2.05) is 6.92 Å². The molecule has 1 N–H and O–H groups in total. The highest BCUT2D eigenvalue weighted by Crippen LogP contribution is 2.23. The predicted octanol–water partition coefficient (Wildman–Crippen LogP) is 2.97. The molecule has 2 aromatic carbocycles. The minimum absolute atomic E-state index is 0.120. The highest BCUT2D eigenvalue weighted by molar-refractivity contribution is 7.91. The topological polar surface area (TPSA) is 101 Å². The number of sulfone groups is 1. The van der Waals surface area contributed by atoms with E-state index < -0.39 is 25.8 Å². The molecule has 1 heterocycles. The Hall–Kier alpha value is -2.23. The first-order valence-electron chi connectivity index (χ1n) is 9.88. The lowest BCUT2D eigenvalue weighted by atomic mass is 10.2. The van der Waals surface area contributed by atoms with Crippen molar-refractivity contribution >= 4 is 31.5 Å². The van der Waals surface area contributed by atoms with Crippen molar-refractivity contribution in [3.63, 3.8) is 0 Å². The van der Waals surface area contributed by atoms with Gasteiger partial charge >= 0.3 is 0 Å². The number of carbonyl (C=O) groups excluding carboxylic acids is 1. The van der Waals surface area contributed by atoms with E-state index in [1.165, 1.54) is 28.6 Å². The molecule has 0 unspecified atom stereocenters. The zero-order chi connectivity index (χ0) is 21.8. The Labute approximate surface area is 178 Å². The fourth-order valence-electron chi connectivity index (χ4n) is 3.30. The summed E-state index contributed by atoms with van der Waals surface area (Å²) in [6.45, 7) is 2.86. The number of sulfonamides is 1. The summed E-state index contributed by atoms with van der Waals surface area (Å²) in [5, 5.41) is 2.60. The molecule has 0 saturated carbocycles. The smallest absolute Gasteiger partial charge is 0.243 e. The van der Waals surface area contributed by atoms with Gasteiger partial charge in [-0.2, -0.15) is 4.31 Å². The molecule has 162 valence electrons. The summed E-state index contributed by atoms with van der Waals surface area (Å²) in [6.07, 6.45) is 2.48. The van der Waals surface area contributed by atoms with Crippen molar-refractivity contribution in [1.29, 1.82) is 0 Å². The van der Waals surface area contributed by atoms with Crippen LogP contribution in [0.15, 0.2) is 58.3 Å². The summed E-state index contributed by atoms with van der Waals surface area (Å²) in [4.78, 5) is 12.6. The van der Waals surface area contributed by atoms with Gasteiger partial charge < -0.3 is 5.32 Å². The number of aryl methyl sites for hydroxylation is 1. The Kier molecular flexibility index (Phi) is 6.95. The number of hydrogen-bond donors (Lipinski definition) is 1. The van der Waals surface area contributed by atoms with Crippen molar-refractivity contribution in [2.45, 2.75) is 42.4 Å². The van der Waals surface area contributed by atoms with Gasteiger partial charge in [-0.15, -0.1) is 0 Å². The van der Waals surface area contributed by atoms with Crippen LogP contribution in [0, 0.1) is 6.92 Å². The molecule has 2 aromatic rings. The summed E-state index contributed by atoms with van der Waals surface area (Å²) in [5.41, 5.74) is 1.27. The quantitative estimate of drug-likeness (QED) is 0.699. The summed E-state index contributed by atoms with van der Waals surface area (Å²) in [6, 6.07) is 12.5. The lowest BCUT2D eigenvalue weighted by Crippen LogP contribution is -2.35. The van der Waals surface area contributed by atoms with E-state index in [2.05, 4.69) is 5.32 Å². The van der Waals surface area contributed by atoms with Gasteiger partial charge in [0.25, 0.3) is 0 Å². The lowest BCUT2D eigenvalue weighted by Gasteiger charge is -2.26. The van der Waals surface area contributed by atoms with Crippen molar-refractivity contribution < 1.29 is 21.6 Å². The molecule has 3 rings (SSSR count). The zero-order valence-corrected chi connectivity index (χ0v) is 18.5. The van der Waals surface area contributed by atoms with Gasteiger partial charge in [-0.1, -0.05) is 30.2 Å². The van der Waals surface area contributed by atoms with E-state index in [4.69, 9.17) is 0 Å². The maximum Gasteiger partial charge on any atom is 0.243 e. The fourth-order valence-corrected chi connectivity index (χ4v) is 6.11. The third-order valence-electron chi connectivity index (χ3n) is 5.05. The van der Waals surface area contributed by atoms with E-state index >= 15 is 0 Å². The summed E-state index contributed by atoms with van der Waals surface area (Å²) in [5.74, 6) is -0.814. The second-order valence-electron chi connectivity index (χ2n) is 7.42. The van der Waals surface area contributed by atoms with Crippen LogP contribution in [-0.2, 0) is 24.7 Å². The van der Waals surface area contributed by atoms with Gasteiger partial charge in [-0.05, 0) is 50.1 Å². The van der Waals surface area contributed by atoms with Gasteiger partial charge in [0.15, 0.2) is 9.84 Å². The molecule has 1 amide bonds. The first kappa shape index (κ1) is 22.5. The lowest BCUT2D eigenvalue weighted by molar-refractivity contribution is -0.115. The van der Waals surface area contributed by atoms with Gasteiger partial charge in [0.2, 0.25) is 15.9 Å². The van der Waals surface area contributed by atoms with Crippen molar-refractivity contribution in [2.24, 2.45) is 0 Å². The number of carbonyl (C=O) groups is 1. The molecule has 1 fully saturated rings. The molecular weight excluding hydrogens is 424 g/mol. The summed E-state index contributed by atoms with van der Waals surface area (Å²) in [7, 11) is -7.18.